The van der Waals surface area contributed by atoms with Crippen LogP contribution in [0, 0.1) is 0 Å². The van der Waals surface area contributed by atoms with Crippen LogP contribution in [0.25, 0.3) is 0 Å². The summed E-state index contributed by atoms with van der Waals surface area (Å²) in [5.41, 5.74) is 1.84. The Kier molecular flexibility index (Phi) is 2.52. The molecule has 0 saturated carbocycles. The maximum absolute atomic E-state index is 8.57. The number of hydrogen-bond acceptors (Lipinski definition) is 1. The summed E-state index contributed by atoms with van der Waals surface area (Å²) >= 11 is 0. The van der Waals surface area contributed by atoms with Gasteiger partial charge >= 0.3 is 0 Å². The van der Waals surface area contributed by atoms with E-state index in [-0.39, 0.29) is 6.61 Å². The topological polar surface area (TPSA) is 20.2 Å². The van der Waals surface area contributed by atoms with Gasteiger partial charge in [0.1, 0.15) is 7.85 Å². The van der Waals surface area contributed by atoms with Crippen LogP contribution in [0.3, 0.4) is 0 Å². The molecule has 0 saturated heterocycles. The Bertz CT molecular complexity index is 210. The standard InChI is InChI=1S/C8H9BO/c9-8-3-1-2-7(6-8)4-5-10/h1-3,6,10H,4-5H2. The fraction of sp³-hybridized carbons (Fsp3) is 0.250. The van der Waals surface area contributed by atoms with E-state index in [1.54, 1.807) is 0 Å². The molecule has 0 aliphatic heterocycles. The molecule has 0 unspecified atom stereocenters. The van der Waals surface area contributed by atoms with Crippen molar-refractivity contribution in [3.63, 3.8) is 0 Å². The van der Waals surface area contributed by atoms with Gasteiger partial charge in [0.2, 0.25) is 0 Å². The molecule has 0 atom stereocenters. The first-order chi connectivity index (χ1) is 4.83. The van der Waals surface area contributed by atoms with Gasteiger partial charge in [-0.15, -0.1) is 0 Å². The van der Waals surface area contributed by atoms with Crippen molar-refractivity contribution in [1.29, 1.82) is 0 Å². The minimum Gasteiger partial charge on any atom is -0.396 e. The molecule has 1 rings (SSSR count). The third-order valence-corrected chi connectivity index (χ3v) is 1.35. The first-order valence-electron chi connectivity index (χ1n) is 3.28. The first-order valence-corrected chi connectivity index (χ1v) is 3.28. The van der Waals surface area contributed by atoms with Gasteiger partial charge in [-0.1, -0.05) is 29.7 Å². The van der Waals surface area contributed by atoms with Crippen LogP contribution in [0.2, 0.25) is 0 Å². The summed E-state index contributed by atoms with van der Waals surface area (Å²) in [7, 11) is 5.51. The Balaban J connectivity index is 2.75. The number of aliphatic hydroxyl groups is 1. The van der Waals surface area contributed by atoms with Gasteiger partial charge in [-0.2, -0.15) is 0 Å². The summed E-state index contributed by atoms with van der Waals surface area (Å²) in [6.45, 7) is 0.184. The van der Waals surface area contributed by atoms with E-state index >= 15 is 0 Å². The van der Waals surface area contributed by atoms with Crippen LogP contribution >= 0.6 is 0 Å². The SMILES string of the molecule is [B]c1cccc(CCO)c1. The summed E-state index contributed by atoms with van der Waals surface area (Å²) in [4.78, 5) is 0. The average molecular weight is 132 g/mol. The monoisotopic (exact) mass is 132 g/mol. The second kappa shape index (κ2) is 3.42. The number of aliphatic hydroxyl groups excluding tert-OH is 1. The Morgan fingerprint density at radius 2 is 2.20 bits per heavy atom. The maximum Gasteiger partial charge on any atom is 0.113 e. The molecule has 50 valence electrons. The lowest BCUT2D eigenvalue weighted by atomic mass is 9.94. The molecule has 0 bridgehead atoms. The van der Waals surface area contributed by atoms with Crippen molar-refractivity contribution in [1.82, 2.24) is 0 Å². The second-order valence-electron chi connectivity index (χ2n) is 2.22. The fourth-order valence-corrected chi connectivity index (χ4v) is 0.878. The maximum atomic E-state index is 8.57. The van der Waals surface area contributed by atoms with Gasteiger partial charge in [-0.25, -0.2) is 0 Å². The van der Waals surface area contributed by atoms with Crippen LogP contribution in [0.4, 0.5) is 0 Å². The van der Waals surface area contributed by atoms with E-state index < -0.39 is 0 Å². The van der Waals surface area contributed by atoms with Crippen LogP contribution in [-0.4, -0.2) is 19.6 Å². The third-order valence-electron chi connectivity index (χ3n) is 1.35. The predicted molar refractivity (Wildman–Crippen MR) is 42.6 cm³/mol. The molecule has 0 amide bonds. The quantitative estimate of drug-likeness (QED) is 0.562. The highest BCUT2D eigenvalue weighted by Gasteiger charge is 1.89. The van der Waals surface area contributed by atoms with E-state index in [0.717, 1.165) is 11.0 Å². The number of hydrogen-bond donors (Lipinski definition) is 1. The van der Waals surface area contributed by atoms with Gasteiger partial charge in [-0.3, -0.25) is 0 Å². The smallest absolute Gasteiger partial charge is 0.113 e. The zero-order valence-electron chi connectivity index (χ0n) is 5.75. The van der Waals surface area contributed by atoms with Gasteiger partial charge in [0.15, 0.2) is 0 Å². The van der Waals surface area contributed by atoms with Gasteiger partial charge in [0.05, 0.1) is 0 Å². The first kappa shape index (κ1) is 7.35. The van der Waals surface area contributed by atoms with Gasteiger partial charge in [-0.05, 0) is 12.0 Å². The van der Waals surface area contributed by atoms with E-state index in [2.05, 4.69) is 0 Å². The van der Waals surface area contributed by atoms with Gasteiger partial charge in [0.25, 0.3) is 0 Å². The molecule has 1 aromatic rings. The molecule has 1 aromatic carbocycles. The van der Waals surface area contributed by atoms with Gasteiger partial charge in [0, 0.05) is 6.61 Å². The van der Waals surface area contributed by atoms with Gasteiger partial charge < -0.3 is 5.11 Å². The minimum absolute atomic E-state index is 0.184. The average Bonchev–Trinajstić information content (AvgIpc) is 1.88. The molecular formula is C8H9BO. The molecule has 1 nitrogen and oxygen atoms in total. The van der Waals surface area contributed by atoms with E-state index in [4.69, 9.17) is 13.0 Å². The van der Waals surface area contributed by atoms with E-state index in [0.29, 0.717) is 6.42 Å². The van der Waals surface area contributed by atoms with Crippen molar-refractivity contribution in [3.05, 3.63) is 29.8 Å². The zero-order chi connectivity index (χ0) is 7.40. The molecule has 0 fully saturated rings. The highest BCUT2D eigenvalue weighted by atomic mass is 16.2. The Morgan fingerprint density at radius 3 is 2.80 bits per heavy atom. The number of rotatable bonds is 2. The minimum atomic E-state index is 0.184. The Hall–Kier alpha value is -0.755. The van der Waals surface area contributed by atoms with Crippen molar-refractivity contribution < 1.29 is 5.11 Å². The molecule has 1 N–H and O–H groups in total. The summed E-state index contributed by atoms with van der Waals surface area (Å²) in [5, 5.41) is 8.57. The van der Waals surface area contributed by atoms with Crippen LogP contribution in [0.15, 0.2) is 24.3 Å². The van der Waals surface area contributed by atoms with Crippen LogP contribution in [-0.2, 0) is 6.42 Å². The molecule has 0 heterocycles. The van der Waals surface area contributed by atoms with Crippen molar-refractivity contribution in [2.24, 2.45) is 0 Å². The van der Waals surface area contributed by atoms with Crippen molar-refractivity contribution in [2.45, 2.75) is 6.42 Å². The summed E-state index contributed by atoms with van der Waals surface area (Å²) < 4.78 is 0. The van der Waals surface area contributed by atoms with E-state index in [1.807, 2.05) is 24.3 Å². The normalized spacial score (nSPS) is 9.70. The van der Waals surface area contributed by atoms with Crippen molar-refractivity contribution in [2.75, 3.05) is 6.61 Å². The largest absolute Gasteiger partial charge is 0.396 e. The molecular weight excluding hydrogens is 123 g/mol. The molecule has 0 aromatic heterocycles. The van der Waals surface area contributed by atoms with E-state index in [9.17, 15) is 0 Å². The highest BCUT2D eigenvalue weighted by molar-refractivity contribution is 6.32. The Morgan fingerprint density at radius 1 is 1.40 bits per heavy atom. The molecule has 0 spiro atoms. The van der Waals surface area contributed by atoms with E-state index in [1.165, 1.54) is 0 Å². The van der Waals surface area contributed by atoms with Crippen LogP contribution in [0.5, 0.6) is 0 Å². The molecule has 0 aliphatic rings. The summed E-state index contributed by atoms with van der Waals surface area (Å²) in [6.07, 6.45) is 0.686. The molecule has 2 heteroatoms. The lowest BCUT2D eigenvalue weighted by Crippen LogP contribution is -2.03. The second-order valence-corrected chi connectivity index (χ2v) is 2.22. The fourth-order valence-electron chi connectivity index (χ4n) is 0.878. The summed E-state index contributed by atoms with van der Waals surface area (Å²) in [5.74, 6) is 0. The van der Waals surface area contributed by atoms with Crippen molar-refractivity contribution >= 4 is 13.3 Å². The van der Waals surface area contributed by atoms with Crippen LogP contribution < -0.4 is 5.46 Å². The number of benzene rings is 1. The lowest BCUT2D eigenvalue weighted by molar-refractivity contribution is 0.299. The molecule has 2 radical (unpaired) electrons. The molecule has 10 heavy (non-hydrogen) atoms. The lowest BCUT2D eigenvalue weighted by Gasteiger charge is -1.97. The summed E-state index contributed by atoms with van der Waals surface area (Å²) in [6, 6.07) is 7.55. The molecule has 0 aliphatic carbocycles. The highest BCUT2D eigenvalue weighted by Crippen LogP contribution is 1.95. The van der Waals surface area contributed by atoms with Crippen LogP contribution in [0.1, 0.15) is 5.56 Å². The predicted octanol–water partition coefficient (Wildman–Crippen LogP) is 0.0152. The third kappa shape index (κ3) is 1.88. The zero-order valence-corrected chi connectivity index (χ0v) is 5.75. The Labute approximate surface area is 62.1 Å². The van der Waals surface area contributed by atoms with Crippen molar-refractivity contribution in [3.8, 4) is 0 Å².